The second-order valence-electron chi connectivity index (χ2n) is 2.04. The minimum absolute atomic E-state index is 0.446. The molecule has 4 nitrogen and oxygen atoms in total. The molecule has 1 rings (SSSR count). The average molecular weight is 186 g/mol. The van der Waals surface area contributed by atoms with E-state index in [0.29, 0.717) is 6.54 Å². The molecule has 0 aliphatic rings. The second kappa shape index (κ2) is 4.97. The molecule has 0 bridgehead atoms. The summed E-state index contributed by atoms with van der Waals surface area (Å²) in [5, 5.41) is 0. The molecule has 66 valence electrons. The van der Waals surface area contributed by atoms with Crippen LogP contribution >= 0.6 is 0 Å². The van der Waals surface area contributed by atoms with Crippen LogP contribution in [-0.2, 0) is 22.0 Å². The first-order valence-electron chi connectivity index (χ1n) is 3.42. The highest BCUT2D eigenvalue weighted by Gasteiger charge is 1.96. The highest BCUT2D eigenvalue weighted by atomic mass is 32.2. The molecular formula is C7H10N2O2S. The molecule has 0 aromatic carbocycles. The van der Waals surface area contributed by atoms with Gasteiger partial charge in [0.25, 0.3) is 0 Å². The summed E-state index contributed by atoms with van der Waals surface area (Å²) >= 11 is -1.42. The Morgan fingerprint density at radius 2 is 2.50 bits per heavy atom. The van der Waals surface area contributed by atoms with Crippen molar-refractivity contribution in [2.24, 2.45) is 0 Å². The minimum atomic E-state index is -1.42. The molecule has 0 aliphatic heterocycles. The van der Waals surface area contributed by atoms with Crippen LogP contribution in [0.4, 0.5) is 0 Å². The van der Waals surface area contributed by atoms with Crippen molar-refractivity contribution >= 4 is 11.3 Å². The summed E-state index contributed by atoms with van der Waals surface area (Å²) in [6.07, 6.45) is 1.69. The van der Waals surface area contributed by atoms with Crippen molar-refractivity contribution in [1.29, 1.82) is 0 Å². The van der Waals surface area contributed by atoms with Crippen LogP contribution < -0.4 is 4.72 Å². The van der Waals surface area contributed by atoms with Gasteiger partial charge in [-0.25, -0.2) is 8.93 Å². The van der Waals surface area contributed by atoms with Crippen molar-refractivity contribution in [3.63, 3.8) is 0 Å². The number of nitrogens with zero attached hydrogens (tertiary/aromatic N) is 1. The molecule has 1 aromatic heterocycles. The van der Waals surface area contributed by atoms with Crippen molar-refractivity contribution < 1.29 is 8.39 Å². The second-order valence-corrected chi connectivity index (χ2v) is 3.13. The van der Waals surface area contributed by atoms with Gasteiger partial charge in [0.1, 0.15) is 0 Å². The van der Waals surface area contributed by atoms with Crippen LogP contribution in [-0.4, -0.2) is 16.3 Å². The molecule has 1 N–H and O–H groups in total. The molecule has 1 atom stereocenters. The monoisotopic (exact) mass is 186 g/mol. The number of pyridine rings is 1. The quantitative estimate of drug-likeness (QED) is 0.740. The average Bonchev–Trinajstić information content (AvgIpc) is 2.16. The highest BCUT2D eigenvalue weighted by Crippen LogP contribution is 1.92. The van der Waals surface area contributed by atoms with Gasteiger partial charge in [-0.3, -0.25) is 9.17 Å². The highest BCUT2D eigenvalue weighted by molar-refractivity contribution is 7.78. The standard InChI is InChI=1S/C7H10N2O2S/c1-11-12(10)9-6-7-4-2-3-5-8-7/h2-5,9H,6H2,1H3. The molecule has 0 saturated heterocycles. The van der Waals surface area contributed by atoms with Gasteiger partial charge < -0.3 is 0 Å². The van der Waals surface area contributed by atoms with Crippen LogP contribution in [0.25, 0.3) is 0 Å². The summed E-state index contributed by atoms with van der Waals surface area (Å²) in [6.45, 7) is 0.446. The van der Waals surface area contributed by atoms with Crippen molar-refractivity contribution in [2.75, 3.05) is 7.11 Å². The van der Waals surface area contributed by atoms with Gasteiger partial charge in [0.2, 0.25) is 11.3 Å². The lowest BCUT2D eigenvalue weighted by atomic mass is 10.4. The molecule has 5 heteroatoms. The normalized spacial score (nSPS) is 12.8. The smallest absolute Gasteiger partial charge is 0.234 e. The molecule has 12 heavy (non-hydrogen) atoms. The Balaban J connectivity index is 2.38. The fourth-order valence-electron chi connectivity index (χ4n) is 0.694. The molecular weight excluding hydrogens is 176 g/mol. The van der Waals surface area contributed by atoms with E-state index in [-0.39, 0.29) is 0 Å². The van der Waals surface area contributed by atoms with Crippen LogP contribution in [0.5, 0.6) is 0 Å². The van der Waals surface area contributed by atoms with Crippen LogP contribution in [0.15, 0.2) is 24.4 Å². The number of hydrogen-bond acceptors (Lipinski definition) is 3. The third-order valence-corrected chi connectivity index (χ3v) is 1.93. The van der Waals surface area contributed by atoms with E-state index in [2.05, 4.69) is 13.9 Å². The van der Waals surface area contributed by atoms with Gasteiger partial charge in [0.05, 0.1) is 19.3 Å². The molecule has 1 aromatic rings. The Bertz CT molecular complexity index is 253. The minimum Gasteiger partial charge on any atom is -0.282 e. The van der Waals surface area contributed by atoms with Crippen LogP contribution in [0.2, 0.25) is 0 Å². The van der Waals surface area contributed by atoms with Crippen molar-refractivity contribution in [3.05, 3.63) is 30.1 Å². The first kappa shape index (κ1) is 9.31. The van der Waals surface area contributed by atoms with Gasteiger partial charge in [-0.15, -0.1) is 0 Å². The SMILES string of the molecule is COS(=O)NCc1ccccn1. The summed E-state index contributed by atoms with van der Waals surface area (Å²) < 4.78 is 17.9. The molecule has 0 spiro atoms. The third-order valence-electron chi connectivity index (χ3n) is 1.25. The van der Waals surface area contributed by atoms with E-state index in [1.54, 1.807) is 6.20 Å². The predicted molar refractivity (Wildman–Crippen MR) is 46.2 cm³/mol. The van der Waals surface area contributed by atoms with Gasteiger partial charge in [0.15, 0.2) is 0 Å². The maximum atomic E-state index is 10.7. The predicted octanol–water partition coefficient (Wildman–Crippen LogP) is 0.396. The zero-order chi connectivity index (χ0) is 8.81. The van der Waals surface area contributed by atoms with Gasteiger partial charge in [-0.05, 0) is 12.1 Å². The van der Waals surface area contributed by atoms with Gasteiger partial charge in [0, 0.05) is 6.20 Å². The van der Waals surface area contributed by atoms with Gasteiger partial charge in [-0.1, -0.05) is 6.07 Å². The molecule has 0 fully saturated rings. The lowest BCUT2D eigenvalue weighted by Crippen LogP contribution is -2.17. The van der Waals surface area contributed by atoms with Crippen LogP contribution in [0.1, 0.15) is 5.69 Å². The fourth-order valence-corrected chi connectivity index (χ4v) is 1.08. The molecule has 0 aliphatic carbocycles. The Labute approximate surface area is 73.8 Å². The zero-order valence-electron chi connectivity index (χ0n) is 6.69. The Kier molecular flexibility index (Phi) is 3.86. The summed E-state index contributed by atoms with van der Waals surface area (Å²) in [6, 6.07) is 5.55. The number of rotatable bonds is 4. The third kappa shape index (κ3) is 3.08. The lowest BCUT2D eigenvalue weighted by molar-refractivity contribution is 0.436. The van der Waals surface area contributed by atoms with Crippen molar-refractivity contribution in [1.82, 2.24) is 9.71 Å². The maximum Gasteiger partial charge on any atom is 0.234 e. The van der Waals surface area contributed by atoms with Crippen LogP contribution in [0, 0.1) is 0 Å². The summed E-state index contributed by atoms with van der Waals surface area (Å²) in [7, 11) is 1.38. The van der Waals surface area contributed by atoms with E-state index >= 15 is 0 Å². The van der Waals surface area contributed by atoms with E-state index in [1.807, 2.05) is 18.2 Å². The summed E-state index contributed by atoms with van der Waals surface area (Å²) in [4.78, 5) is 4.03. The molecule has 0 saturated carbocycles. The zero-order valence-corrected chi connectivity index (χ0v) is 7.50. The van der Waals surface area contributed by atoms with Crippen molar-refractivity contribution in [3.8, 4) is 0 Å². The first-order valence-corrected chi connectivity index (χ1v) is 4.50. The fraction of sp³-hybridized carbons (Fsp3) is 0.286. The number of nitrogens with one attached hydrogen (secondary N) is 1. The Morgan fingerprint density at radius 3 is 3.08 bits per heavy atom. The molecule has 1 heterocycles. The van der Waals surface area contributed by atoms with Gasteiger partial charge in [-0.2, -0.15) is 0 Å². The summed E-state index contributed by atoms with van der Waals surface area (Å²) in [5.74, 6) is 0. The van der Waals surface area contributed by atoms with E-state index < -0.39 is 11.3 Å². The molecule has 1 unspecified atom stereocenters. The first-order chi connectivity index (χ1) is 5.83. The van der Waals surface area contributed by atoms with Gasteiger partial charge >= 0.3 is 0 Å². The molecule has 0 amide bonds. The Hall–Kier alpha value is -0.780. The lowest BCUT2D eigenvalue weighted by Gasteiger charge is -2.00. The number of aromatic nitrogens is 1. The van der Waals surface area contributed by atoms with Crippen molar-refractivity contribution in [2.45, 2.75) is 6.54 Å². The van der Waals surface area contributed by atoms with Crippen LogP contribution in [0.3, 0.4) is 0 Å². The maximum absolute atomic E-state index is 10.7. The Morgan fingerprint density at radius 1 is 1.67 bits per heavy atom. The number of hydrogen-bond donors (Lipinski definition) is 1. The van der Waals surface area contributed by atoms with E-state index in [4.69, 9.17) is 0 Å². The van der Waals surface area contributed by atoms with E-state index in [1.165, 1.54) is 7.11 Å². The topological polar surface area (TPSA) is 51.2 Å². The van der Waals surface area contributed by atoms with E-state index in [0.717, 1.165) is 5.69 Å². The largest absolute Gasteiger partial charge is 0.282 e. The summed E-state index contributed by atoms with van der Waals surface area (Å²) in [5.41, 5.74) is 0.836. The van der Waals surface area contributed by atoms with E-state index in [9.17, 15) is 4.21 Å². The molecule has 0 radical (unpaired) electrons.